The first-order chi connectivity index (χ1) is 13.5. The molecule has 3 aromatic heterocycles. The number of para-hydroxylation sites is 1. The van der Waals surface area contributed by atoms with E-state index in [9.17, 15) is 15.0 Å². The lowest BCUT2D eigenvalue weighted by Crippen LogP contribution is -2.27. The molecule has 1 aromatic carbocycles. The molecule has 2 N–H and O–H groups in total. The Morgan fingerprint density at radius 2 is 2.00 bits per heavy atom. The van der Waals surface area contributed by atoms with Crippen LogP contribution < -0.4 is 5.56 Å². The predicted octanol–water partition coefficient (Wildman–Crippen LogP) is 2.00. The van der Waals surface area contributed by atoms with Gasteiger partial charge in [-0.05, 0) is 19.1 Å². The van der Waals surface area contributed by atoms with E-state index in [-0.39, 0.29) is 47.6 Å². The van der Waals surface area contributed by atoms with Crippen LogP contribution in [0.15, 0.2) is 33.8 Å². The molecule has 0 spiro atoms. The van der Waals surface area contributed by atoms with Crippen molar-refractivity contribution in [2.24, 2.45) is 0 Å². The lowest BCUT2D eigenvalue weighted by atomic mass is 10.2. The molecule has 3 heterocycles. The van der Waals surface area contributed by atoms with Gasteiger partial charge in [0.25, 0.3) is 5.56 Å². The summed E-state index contributed by atoms with van der Waals surface area (Å²) in [6, 6.07) is 4.78. The van der Waals surface area contributed by atoms with Gasteiger partial charge in [-0.3, -0.25) is 13.8 Å². The van der Waals surface area contributed by atoms with Crippen molar-refractivity contribution in [2.75, 3.05) is 13.2 Å². The minimum atomic E-state index is -0.502. The van der Waals surface area contributed by atoms with Crippen molar-refractivity contribution < 1.29 is 14.7 Å². The summed E-state index contributed by atoms with van der Waals surface area (Å²) in [4.78, 5) is 22.0. The van der Waals surface area contributed by atoms with Gasteiger partial charge < -0.3 is 14.7 Å². The highest BCUT2D eigenvalue weighted by Crippen LogP contribution is 2.28. The fraction of sp³-hybridized carbons (Fsp3) is 0.333. The third-order valence-corrected chi connectivity index (χ3v) is 5.01. The van der Waals surface area contributed by atoms with E-state index >= 15 is 0 Å². The molecule has 2 unspecified atom stereocenters. The van der Waals surface area contributed by atoms with Gasteiger partial charge in [0.05, 0.1) is 41.2 Å². The fourth-order valence-corrected chi connectivity index (χ4v) is 3.42. The molecular formula is C18H18ClN5O4. The molecule has 0 aliphatic heterocycles. The number of imidazole rings is 1. The molecule has 0 aliphatic carbocycles. The summed E-state index contributed by atoms with van der Waals surface area (Å²) in [5.41, 5.74) is 1.30. The van der Waals surface area contributed by atoms with Gasteiger partial charge in [0.2, 0.25) is 11.7 Å². The van der Waals surface area contributed by atoms with E-state index in [0.29, 0.717) is 16.1 Å². The van der Waals surface area contributed by atoms with E-state index in [2.05, 4.69) is 15.1 Å². The van der Waals surface area contributed by atoms with Crippen LogP contribution in [0.2, 0.25) is 5.02 Å². The molecule has 0 bridgehead atoms. The zero-order valence-corrected chi connectivity index (χ0v) is 16.0. The predicted molar refractivity (Wildman–Crippen MR) is 103 cm³/mol. The molecule has 0 fully saturated rings. The largest absolute Gasteiger partial charge is 0.396 e. The van der Waals surface area contributed by atoms with Crippen LogP contribution in [-0.2, 0) is 0 Å². The number of hydrogen-bond acceptors (Lipinski definition) is 7. The zero-order chi connectivity index (χ0) is 20.0. The molecule has 0 saturated heterocycles. The van der Waals surface area contributed by atoms with Gasteiger partial charge in [-0.2, -0.15) is 4.98 Å². The van der Waals surface area contributed by atoms with E-state index in [1.54, 1.807) is 30.4 Å². The second kappa shape index (κ2) is 7.01. The summed E-state index contributed by atoms with van der Waals surface area (Å²) in [5.74, 6) is 0.0758. The third kappa shape index (κ3) is 2.70. The van der Waals surface area contributed by atoms with Gasteiger partial charge in [0, 0.05) is 0 Å². The maximum Gasteiger partial charge on any atom is 0.278 e. The summed E-state index contributed by atoms with van der Waals surface area (Å²) in [5, 5.41) is 23.3. The average molecular weight is 404 g/mol. The molecule has 10 heteroatoms. The molecule has 2 atom stereocenters. The molecule has 0 amide bonds. The van der Waals surface area contributed by atoms with Crippen LogP contribution in [0.3, 0.4) is 0 Å². The normalized spacial score (nSPS) is 14.0. The monoisotopic (exact) mass is 403 g/mol. The second-order valence-corrected chi connectivity index (χ2v) is 7.07. The molecule has 0 aliphatic rings. The fourth-order valence-electron chi connectivity index (χ4n) is 3.16. The molecule has 0 saturated carbocycles. The highest BCUT2D eigenvalue weighted by molar-refractivity contribution is 6.35. The highest BCUT2D eigenvalue weighted by Gasteiger charge is 2.24. The molecule has 146 valence electrons. The molecule has 4 rings (SSSR count). The van der Waals surface area contributed by atoms with Crippen molar-refractivity contribution in [3.05, 3.63) is 45.8 Å². The van der Waals surface area contributed by atoms with E-state index in [0.717, 1.165) is 0 Å². The second-order valence-electron chi connectivity index (χ2n) is 6.67. The van der Waals surface area contributed by atoms with E-state index in [1.165, 1.54) is 10.9 Å². The number of nitrogens with zero attached hydrogens (tertiary/aromatic N) is 5. The van der Waals surface area contributed by atoms with Gasteiger partial charge in [0.15, 0.2) is 0 Å². The Balaban J connectivity index is 2.07. The minimum absolute atomic E-state index is 0.143. The average Bonchev–Trinajstić information content (AvgIpc) is 3.35. The van der Waals surface area contributed by atoms with Crippen LogP contribution in [0.5, 0.6) is 0 Å². The van der Waals surface area contributed by atoms with Crippen LogP contribution in [-0.4, -0.2) is 47.5 Å². The van der Waals surface area contributed by atoms with Crippen LogP contribution in [0.1, 0.15) is 31.7 Å². The number of fused-ring (bicyclic) bond motifs is 3. The first-order valence-corrected chi connectivity index (χ1v) is 9.11. The van der Waals surface area contributed by atoms with Gasteiger partial charge >= 0.3 is 0 Å². The number of halogens is 1. The number of hydrogen-bond donors (Lipinski definition) is 2. The smallest absolute Gasteiger partial charge is 0.278 e. The van der Waals surface area contributed by atoms with Gasteiger partial charge in [-0.1, -0.05) is 29.7 Å². The number of aliphatic hydroxyl groups is 2. The van der Waals surface area contributed by atoms with Crippen molar-refractivity contribution in [1.82, 2.24) is 24.1 Å². The van der Waals surface area contributed by atoms with E-state index < -0.39 is 6.04 Å². The van der Waals surface area contributed by atoms with Crippen LogP contribution >= 0.6 is 11.6 Å². The van der Waals surface area contributed by atoms with Crippen molar-refractivity contribution in [3.8, 4) is 11.5 Å². The summed E-state index contributed by atoms with van der Waals surface area (Å²) in [6.07, 6.45) is 1.50. The first kappa shape index (κ1) is 18.6. The molecule has 28 heavy (non-hydrogen) atoms. The zero-order valence-electron chi connectivity index (χ0n) is 15.2. The molecule has 9 nitrogen and oxygen atoms in total. The summed E-state index contributed by atoms with van der Waals surface area (Å²) < 4.78 is 8.28. The summed E-state index contributed by atoms with van der Waals surface area (Å²) in [6.45, 7) is 3.09. The quantitative estimate of drug-likeness (QED) is 0.523. The van der Waals surface area contributed by atoms with Crippen molar-refractivity contribution >= 4 is 28.2 Å². The van der Waals surface area contributed by atoms with Gasteiger partial charge in [-0.25, -0.2) is 4.98 Å². The topological polar surface area (TPSA) is 119 Å². The van der Waals surface area contributed by atoms with Crippen molar-refractivity contribution in [2.45, 2.75) is 25.8 Å². The van der Waals surface area contributed by atoms with E-state index in [1.807, 2.05) is 6.07 Å². The highest BCUT2D eigenvalue weighted by atomic mass is 35.5. The lowest BCUT2D eigenvalue weighted by molar-refractivity contribution is 0.239. The van der Waals surface area contributed by atoms with Gasteiger partial charge in [0.1, 0.15) is 17.5 Å². The Morgan fingerprint density at radius 3 is 2.71 bits per heavy atom. The number of aliphatic hydroxyl groups excluding tert-OH is 2. The Hall–Kier alpha value is -2.75. The van der Waals surface area contributed by atoms with Crippen LogP contribution in [0.25, 0.3) is 28.1 Å². The Morgan fingerprint density at radius 1 is 1.21 bits per heavy atom. The Bertz CT molecular complexity index is 1230. The van der Waals surface area contributed by atoms with Crippen LogP contribution in [0.4, 0.5) is 0 Å². The van der Waals surface area contributed by atoms with Crippen molar-refractivity contribution in [1.29, 1.82) is 0 Å². The molecule has 4 aromatic rings. The maximum atomic E-state index is 13.4. The lowest BCUT2D eigenvalue weighted by Gasteiger charge is -2.18. The molecular weight excluding hydrogens is 386 g/mol. The van der Waals surface area contributed by atoms with E-state index in [4.69, 9.17) is 16.1 Å². The standard InChI is InChI=1S/C18H18ClN5O4/c1-9(6-25)17-21-16(22-28-17)13-15-18(27)24(10(2)7-26)14-11(19)4-3-5-12(14)23(15)8-20-13/h3-5,8-10,25-26H,6-7H2,1-2H3. The summed E-state index contributed by atoms with van der Waals surface area (Å²) in [7, 11) is 0. The Kier molecular flexibility index (Phi) is 4.66. The summed E-state index contributed by atoms with van der Waals surface area (Å²) >= 11 is 6.38. The van der Waals surface area contributed by atoms with Gasteiger partial charge in [-0.15, -0.1) is 0 Å². The number of rotatable bonds is 5. The molecule has 0 radical (unpaired) electrons. The van der Waals surface area contributed by atoms with Crippen LogP contribution in [0, 0.1) is 0 Å². The number of benzene rings is 1. The number of aromatic nitrogens is 5. The third-order valence-electron chi connectivity index (χ3n) is 4.71. The maximum absolute atomic E-state index is 13.4. The SMILES string of the molecule is CC(CO)c1nc(-c2ncn3c2c(=O)n(C(C)CO)c2c(Cl)cccc23)no1. The minimum Gasteiger partial charge on any atom is -0.396 e. The van der Waals surface area contributed by atoms with Crippen molar-refractivity contribution in [3.63, 3.8) is 0 Å². The first-order valence-electron chi connectivity index (χ1n) is 8.73. The Labute approximate surface area is 163 Å².